The molecule has 3 heteroatoms. The van der Waals surface area contributed by atoms with Crippen molar-refractivity contribution in [2.45, 2.75) is 77.5 Å². The molecule has 2 aliphatic heterocycles. The summed E-state index contributed by atoms with van der Waals surface area (Å²) in [5.74, 6) is 0. The van der Waals surface area contributed by atoms with E-state index in [0.717, 1.165) is 0 Å². The largest absolute Gasteiger partial charge is 0.353 e. The summed E-state index contributed by atoms with van der Waals surface area (Å²) in [6, 6.07) is 41.4. The molecule has 2 aliphatic rings. The van der Waals surface area contributed by atoms with Crippen LogP contribution in [-0.2, 0) is 22.2 Å². The molecule has 0 amide bonds. The van der Waals surface area contributed by atoms with Crippen molar-refractivity contribution in [2.75, 3.05) is 9.80 Å². The minimum atomic E-state index is -0.205. The maximum Gasteiger partial charge on any atom is 0.0613 e. The van der Waals surface area contributed by atoms with Crippen LogP contribution in [0.3, 0.4) is 0 Å². The molecule has 0 spiro atoms. The zero-order valence-corrected chi connectivity index (χ0v) is 29.5. The van der Waals surface area contributed by atoms with Crippen molar-refractivity contribution in [3.05, 3.63) is 131 Å². The molecular formula is C44H42N2S. The average Bonchev–Trinajstić information content (AvgIpc) is 3.41. The van der Waals surface area contributed by atoms with Crippen molar-refractivity contribution < 1.29 is 0 Å². The molecule has 234 valence electrons. The van der Waals surface area contributed by atoms with E-state index in [1.165, 1.54) is 75.3 Å². The van der Waals surface area contributed by atoms with Crippen LogP contribution in [0.25, 0.3) is 41.7 Å². The molecule has 7 aromatic rings. The summed E-state index contributed by atoms with van der Waals surface area (Å²) < 4.78 is 2.70. The number of thiophene rings is 1. The number of rotatable bonds is 2. The number of fused-ring (bicyclic) bond motifs is 3. The lowest BCUT2D eigenvalue weighted by Crippen LogP contribution is -2.55. The molecule has 0 bridgehead atoms. The summed E-state index contributed by atoms with van der Waals surface area (Å²) in [7, 11) is 0. The van der Waals surface area contributed by atoms with Gasteiger partial charge in [0.15, 0.2) is 0 Å². The highest BCUT2D eigenvalue weighted by Gasteiger charge is 2.47. The topological polar surface area (TPSA) is 6.48 Å². The standard InChI is InChI=1S/C44H42N2S/c1-41(2)32-19-9-14-27-15-10-20-33(38(27)32)42(3,4)45(41)29-24-25-37-31(26-29)30-18-13-23-36(40(30)47-37)46-43(5,6)34-21-11-16-28-17-12-22-35(39(28)34)44(46,7)8/h9-26H,1-8H3. The summed E-state index contributed by atoms with van der Waals surface area (Å²) in [5, 5.41) is 8.16. The molecule has 47 heavy (non-hydrogen) atoms. The van der Waals surface area contributed by atoms with Crippen LogP contribution in [0, 0.1) is 0 Å². The fourth-order valence-electron chi connectivity index (χ4n) is 9.94. The number of nitrogens with zero attached hydrogens (tertiary/aromatic N) is 2. The van der Waals surface area contributed by atoms with Crippen LogP contribution in [0.15, 0.2) is 109 Å². The van der Waals surface area contributed by atoms with E-state index < -0.39 is 0 Å². The lowest BCUT2D eigenvalue weighted by Gasteiger charge is -2.55. The monoisotopic (exact) mass is 630 g/mol. The number of hydrogen-bond donors (Lipinski definition) is 0. The first-order valence-electron chi connectivity index (χ1n) is 17.0. The molecule has 6 aromatic carbocycles. The highest BCUT2D eigenvalue weighted by atomic mass is 32.1. The van der Waals surface area contributed by atoms with Gasteiger partial charge in [0.1, 0.15) is 0 Å². The zero-order chi connectivity index (χ0) is 32.7. The second-order valence-electron chi connectivity index (χ2n) is 15.8. The number of hydrogen-bond acceptors (Lipinski definition) is 3. The van der Waals surface area contributed by atoms with Crippen LogP contribution in [0.5, 0.6) is 0 Å². The summed E-state index contributed by atoms with van der Waals surface area (Å²) in [5.41, 5.74) is 7.36. The first kappa shape index (κ1) is 28.8. The van der Waals surface area contributed by atoms with Gasteiger partial charge in [0.2, 0.25) is 0 Å². The van der Waals surface area contributed by atoms with Crippen molar-refractivity contribution in [2.24, 2.45) is 0 Å². The smallest absolute Gasteiger partial charge is 0.0613 e. The van der Waals surface area contributed by atoms with Crippen LogP contribution in [0.4, 0.5) is 11.4 Å². The Morgan fingerprint density at radius 3 is 1.38 bits per heavy atom. The molecule has 0 aliphatic carbocycles. The highest BCUT2D eigenvalue weighted by molar-refractivity contribution is 7.26. The molecule has 1 aromatic heterocycles. The maximum absolute atomic E-state index is 2.70. The molecule has 3 heterocycles. The van der Waals surface area contributed by atoms with E-state index in [9.17, 15) is 0 Å². The predicted octanol–water partition coefficient (Wildman–Crippen LogP) is 12.3. The van der Waals surface area contributed by atoms with Gasteiger partial charge >= 0.3 is 0 Å². The van der Waals surface area contributed by atoms with E-state index in [0.29, 0.717) is 0 Å². The van der Waals surface area contributed by atoms with Crippen molar-refractivity contribution in [1.29, 1.82) is 0 Å². The third-order valence-electron chi connectivity index (χ3n) is 11.6. The maximum atomic E-state index is 2.70. The third kappa shape index (κ3) is 3.61. The molecule has 0 saturated carbocycles. The van der Waals surface area contributed by atoms with Crippen LogP contribution in [0.1, 0.15) is 77.6 Å². The van der Waals surface area contributed by atoms with Crippen LogP contribution >= 0.6 is 11.3 Å². The Labute approximate surface area is 282 Å². The Balaban J connectivity index is 1.24. The SMILES string of the molecule is CC1(C)c2cccc3cccc(c23)C(C)(C)N1c1ccc2sc3c(N4C(C)(C)c5cccc6cccc(c56)C4(C)C)cccc3c2c1. The van der Waals surface area contributed by atoms with Crippen molar-refractivity contribution in [3.8, 4) is 0 Å². The van der Waals surface area contributed by atoms with Gasteiger partial charge < -0.3 is 9.80 Å². The Morgan fingerprint density at radius 2 is 0.894 bits per heavy atom. The Kier molecular flexibility index (Phi) is 5.63. The number of anilines is 2. The van der Waals surface area contributed by atoms with Gasteiger partial charge in [-0.15, -0.1) is 11.3 Å². The lowest BCUT2D eigenvalue weighted by molar-refractivity contribution is 0.343. The molecule has 9 rings (SSSR count). The quantitative estimate of drug-likeness (QED) is 0.187. The minimum Gasteiger partial charge on any atom is -0.353 e. The highest BCUT2D eigenvalue weighted by Crippen LogP contribution is 2.55. The Morgan fingerprint density at radius 1 is 0.447 bits per heavy atom. The summed E-state index contributed by atoms with van der Waals surface area (Å²) >= 11 is 1.94. The van der Waals surface area contributed by atoms with Crippen molar-refractivity contribution in [3.63, 3.8) is 0 Å². The molecule has 2 nitrogen and oxygen atoms in total. The number of benzene rings is 6. The predicted molar refractivity (Wildman–Crippen MR) is 204 cm³/mol. The lowest BCUT2D eigenvalue weighted by atomic mass is 9.73. The molecule has 0 saturated heterocycles. The summed E-state index contributed by atoms with van der Waals surface area (Å²) in [6.07, 6.45) is 0. The fraction of sp³-hybridized carbons (Fsp3) is 0.273. The second-order valence-corrected chi connectivity index (χ2v) is 16.8. The van der Waals surface area contributed by atoms with Gasteiger partial charge in [-0.25, -0.2) is 0 Å². The fourth-order valence-corrected chi connectivity index (χ4v) is 11.1. The van der Waals surface area contributed by atoms with E-state index >= 15 is 0 Å². The van der Waals surface area contributed by atoms with E-state index in [2.05, 4.69) is 174 Å². The normalized spacial score (nSPS) is 18.8. The van der Waals surface area contributed by atoms with Crippen LogP contribution in [-0.4, -0.2) is 0 Å². The van der Waals surface area contributed by atoms with E-state index in [1.54, 1.807) is 0 Å². The van der Waals surface area contributed by atoms with Crippen molar-refractivity contribution >= 4 is 64.4 Å². The van der Waals surface area contributed by atoms with E-state index in [-0.39, 0.29) is 22.2 Å². The van der Waals surface area contributed by atoms with E-state index in [4.69, 9.17) is 0 Å². The van der Waals surface area contributed by atoms with Crippen LogP contribution < -0.4 is 9.80 Å². The molecular weight excluding hydrogens is 589 g/mol. The van der Waals surface area contributed by atoms with Gasteiger partial charge in [0.25, 0.3) is 0 Å². The van der Waals surface area contributed by atoms with Crippen molar-refractivity contribution in [1.82, 2.24) is 0 Å². The van der Waals surface area contributed by atoms with Gasteiger partial charge in [0.05, 0.1) is 32.5 Å². The first-order valence-corrected chi connectivity index (χ1v) is 17.8. The molecule has 0 fully saturated rings. The Bertz CT molecular complexity index is 2340. The molecule has 0 radical (unpaired) electrons. The third-order valence-corrected chi connectivity index (χ3v) is 12.8. The summed E-state index contributed by atoms with van der Waals surface area (Å²) in [6.45, 7) is 19.2. The van der Waals surface area contributed by atoms with Gasteiger partial charge in [-0.05, 0) is 123 Å². The van der Waals surface area contributed by atoms with Gasteiger partial charge in [-0.2, -0.15) is 0 Å². The van der Waals surface area contributed by atoms with Gasteiger partial charge in [-0.3, -0.25) is 0 Å². The van der Waals surface area contributed by atoms with E-state index in [1.807, 2.05) is 11.3 Å². The first-order chi connectivity index (χ1) is 22.3. The Hall–Kier alpha value is -4.34. The molecule has 0 unspecified atom stereocenters. The second kappa shape index (κ2) is 9.17. The average molecular weight is 631 g/mol. The van der Waals surface area contributed by atoms with Gasteiger partial charge in [-0.1, -0.05) is 84.9 Å². The molecule has 0 atom stereocenters. The minimum absolute atomic E-state index is 0.196. The summed E-state index contributed by atoms with van der Waals surface area (Å²) in [4.78, 5) is 5.36. The molecule has 0 N–H and O–H groups in total. The van der Waals surface area contributed by atoms with Crippen LogP contribution in [0.2, 0.25) is 0 Å². The zero-order valence-electron chi connectivity index (χ0n) is 28.7. The van der Waals surface area contributed by atoms with Gasteiger partial charge in [0, 0.05) is 21.2 Å².